The Balaban J connectivity index is 1.61. The molecule has 27 heavy (non-hydrogen) atoms. The molecule has 0 bridgehead atoms. The predicted octanol–water partition coefficient (Wildman–Crippen LogP) is 3.55. The van der Waals surface area contributed by atoms with E-state index in [1.54, 1.807) is 0 Å². The summed E-state index contributed by atoms with van der Waals surface area (Å²) < 4.78 is 13.2. The number of hydrogen-bond donors (Lipinski definition) is 1. The van der Waals surface area contributed by atoms with E-state index < -0.39 is 5.82 Å². The summed E-state index contributed by atoms with van der Waals surface area (Å²) in [5, 5.41) is 3.02. The molecule has 0 aromatic heterocycles. The quantitative estimate of drug-likeness (QED) is 0.820. The highest BCUT2D eigenvalue weighted by Crippen LogP contribution is 2.18. The van der Waals surface area contributed by atoms with Crippen LogP contribution in [0.3, 0.4) is 0 Å². The average molecular weight is 390 g/mol. The minimum atomic E-state index is -0.454. The van der Waals surface area contributed by atoms with Crippen molar-refractivity contribution in [2.45, 2.75) is 20.0 Å². The van der Waals surface area contributed by atoms with Crippen molar-refractivity contribution in [3.63, 3.8) is 0 Å². The van der Waals surface area contributed by atoms with E-state index in [1.807, 2.05) is 18.2 Å². The van der Waals surface area contributed by atoms with Crippen LogP contribution in [-0.4, -0.2) is 48.4 Å². The van der Waals surface area contributed by atoms with Crippen LogP contribution >= 0.6 is 11.6 Å². The van der Waals surface area contributed by atoms with E-state index in [1.165, 1.54) is 17.7 Å². The summed E-state index contributed by atoms with van der Waals surface area (Å²) in [6.45, 7) is 8.89. The van der Waals surface area contributed by atoms with Crippen molar-refractivity contribution in [3.8, 4) is 0 Å². The Bertz CT molecular complexity index is 791. The molecule has 1 fully saturated rings. The Hall–Kier alpha value is -1.95. The van der Waals surface area contributed by atoms with Gasteiger partial charge in [0, 0.05) is 39.3 Å². The van der Waals surface area contributed by atoms with Gasteiger partial charge in [-0.15, -0.1) is 0 Å². The first-order valence-electron chi connectivity index (χ1n) is 9.31. The van der Waals surface area contributed by atoms with Crippen molar-refractivity contribution in [2.24, 2.45) is 0 Å². The van der Waals surface area contributed by atoms with Crippen molar-refractivity contribution in [1.29, 1.82) is 0 Å². The van der Waals surface area contributed by atoms with Crippen molar-refractivity contribution in [2.75, 3.05) is 32.7 Å². The molecule has 1 saturated heterocycles. The summed E-state index contributed by atoms with van der Waals surface area (Å²) in [4.78, 5) is 17.3. The second kappa shape index (κ2) is 9.31. The zero-order valence-corrected chi connectivity index (χ0v) is 16.3. The highest BCUT2D eigenvalue weighted by molar-refractivity contribution is 6.33. The summed E-state index contributed by atoms with van der Waals surface area (Å²) in [5.74, 6) is -0.753. The number of likely N-dealkylation sites (N-methyl/N-ethyl adjacent to an activating group) is 1. The van der Waals surface area contributed by atoms with Crippen LogP contribution in [0.4, 0.5) is 4.39 Å². The molecule has 1 heterocycles. The fraction of sp³-hybridized carbons (Fsp3) is 0.381. The molecule has 0 spiro atoms. The number of benzene rings is 2. The van der Waals surface area contributed by atoms with Gasteiger partial charge in [0.1, 0.15) is 5.82 Å². The molecule has 0 saturated carbocycles. The number of nitrogens with zero attached hydrogens (tertiary/aromatic N) is 2. The average Bonchev–Trinajstić information content (AvgIpc) is 2.67. The Kier molecular flexibility index (Phi) is 6.83. The van der Waals surface area contributed by atoms with Crippen LogP contribution in [0.1, 0.15) is 28.4 Å². The topological polar surface area (TPSA) is 35.6 Å². The Morgan fingerprint density at radius 2 is 1.74 bits per heavy atom. The zero-order chi connectivity index (χ0) is 19.2. The molecule has 0 atom stereocenters. The lowest BCUT2D eigenvalue weighted by atomic mass is 10.1. The number of hydrogen-bond acceptors (Lipinski definition) is 3. The number of piperazine rings is 1. The molecule has 3 rings (SSSR count). The number of carbonyl (C=O) groups excluding carboxylic acids is 1. The van der Waals surface area contributed by atoms with Crippen molar-refractivity contribution >= 4 is 17.5 Å². The molecule has 6 heteroatoms. The van der Waals surface area contributed by atoms with Gasteiger partial charge < -0.3 is 10.2 Å². The van der Waals surface area contributed by atoms with Gasteiger partial charge in [0.25, 0.3) is 5.91 Å². The van der Waals surface area contributed by atoms with E-state index in [9.17, 15) is 9.18 Å². The monoisotopic (exact) mass is 389 g/mol. The van der Waals surface area contributed by atoms with Crippen LogP contribution in [0.25, 0.3) is 0 Å². The highest BCUT2D eigenvalue weighted by Gasteiger charge is 2.17. The molecule has 1 aliphatic rings. The Labute approximate surface area is 164 Å². The highest BCUT2D eigenvalue weighted by atomic mass is 35.5. The fourth-order valence-electron chi connectivity index (χ4n) is 3.33. The molecule has 0 radical (unpaired) electrons. The van der Waals surface area contributed by atoms with Crippen LogP contribution < -0.4 is 5.32 Å². The summed E-state index contributed by atoms with van der Waals surface area (Å²) in [6, 6.07) is 11.9. The van der Waals surface area contributed by atoms with Crippen molar-refractivity contribution in [1.82, 2.24) is 15.1 Å². The van der Waals surface area contributed by atoms with Crippen LogP contribution in [0.15, 0.2) is 42.5 Å². The summed E-state index contributed by atoms with van der Waals surface area (Å²) in [6.07, 6.45) is 0. The van der Waals surface area contributed by atoms with E-state index in [-0.39, 0.29) is 16.5 Å². The van der Waals surface area contributed by atoms with Gasteiger partial charge in [0.15, 0.2) is 0 Å². The normalized spacial score (nSPS) is 15.7. The van der Waals surface area contributed by atoms with Gasteiger partial charge in [-0.25, -0.2) is 4.39 Å². The van der Waals surface area contributed by atoms with Crippen LogP contribution in [0.5, 0.6) is 0 Å². The minimum absolute atomic E-state index is 0.120. The van der Waals surface area contributed by atoms with Gasteiger partial charge in [-0.1, -0.05) is 42.8 Å². The number of nitrogens with one attached hydrogen (secondary N) is 1. The molecule has 2 aromatic rings. The molecule has 1 aliphatic heterocycles. The first-order chi connectivity index (χ1) is 13.1. The first-order valence-corrected chi connectivity index (χ1v) is 9.69. The van der Waals surface area contributed by atoms with Gasteiger partial charge in [0.05, 0.1) is 10.6 Å². The van der Waals surface area contributed by atoms with E-state index in [2.05, 4.69) is 28.1 Å². The summed E-state index contributed by atoms with van der Waals surface area (Å²) in [5.41, 5.74) is 2.58. The molecular weight excluding hydrogens is 365 g/mol. The predicted molar refractivity (Wildman–Crippen MR) is 106 cm³/mol. The molecule has 4 nitrogen and oxygen atoms in total. The van der Waals surface area contributed by atoms with E-state index in [0.29, 0.717) is 6.54 Å². The molecule has 144 valence electrons. The maximum absolute atomic E-state index is 13.2. The molecule has 2 aromatic carbocycles. The second-order valence-electron chi connectivity index (χ2n) is 6.79. The molecule has 1 amide bonds. The Morgan fingerprint density at radius 1 is 1.07 bits per heavy atom. The van der Waals surface area contributed by atoms with Crippen molar-refractivity contribution in [3.05, 3.63) is 70.0 Å². The molecular formula is C21H25ClFN3O. The standard InChI is InChI=1S/C21H25ClFN3O/c1-2-25-9-11-26(12-10-25)15-17-6-4-3-5-16(17)14-24-21(27)19-8-7-18(23)13-20(19)22/h3-8,13H,2,9-12,14-15H2,1H3,(H,24,27). The smallest absolute Gasteiger partial charge is 0.253 e. The third kappa shape index (κ3) is 5.28. The van der Waals surface area contributed by atoms with Crippen LogP contribution in [-0.2, 0) is 13.1 Å². The molecule has 0 aliphatic carbocycles. The van der Waals surface area contributed by atoms with Gasteiger partial charge >= 0.3 is 0 Å². The number of carbonyl (C=O) groups is 1. The maximum atomic E-state index is 13.2. The third-order valence-electron chi connectivity index (χ3n) is 5.04. The van der Waals surface area contributed by atoms with E-state index in [0.717, 1.165) is 50.9 Å². The van der Waals surface area contributed by atoms with E-state index in [4.69, 9.17) is 11.6 Å². The SMILES string of the molecule is CCN1CCN(Cc2ccccc2CNC(=O)c2ccc(F)cc2Cl)CC1. The van der Waals surface area contributed by atoms with Gasteiger partial charge in [0.2, 0.25) is 0 Å². The summed E-state index contributed by atoms with van der Waals surface area (Å²) >= 11 is 5.98. The second-order valence-corrected chi connectivity index (χ2v) is 7.19. The van der Waals surface area contributed by atoms with Gasteiger partial charge in [-0.05, 0) is 35.9 Å². The fourth-order valence-corrected chi connectivity index (χ4v) is 3.59. The minimum Gasteiger partial charge on any atom is -0.348 e. The zero-order valence-electron chi connectivity index (χ0n) is 15.5. The van der Waals surface area contributed by atoms with Crippen LogP contribution in [0.2, 0.25) is 5.02 Å². The Morgan fingerprint density at radius 3 is 2.41 bits per heavy atom. The number of rotatable bonds is 6. The maximum Gasteiger partial charge on any atom is 0.253 e. The number of halogens is 2. The third-order valence-corrected chi connectivity index (χ3v) is 5.35. The van der Waals surface area contributed by atoms with Gasteiger partial charge in [-0.3, -0.25) is 9.69 Å². The number of amides is 1. The largest absolute Gasteiger partial charge is 0.348 e. The van der Waals surface area contributed by atoms with Gasteiger partial charge in [-0.2, -0.15) is 0 Å². The van der Waals surface area contributed by atoms with Crippen LogP contribution in [0, 0.1) is 5.82 Å². The lowest BCUT2D eigenvalue weighted by Crippen LogP contribution is -2.45. The summed E-state index contributed by atoms with van der Waals surface area (Å²) in [7, 11) is 0. The lowest BCUT2D eigenvalue weighted by Gasteiger charge is -2.34. The molecule has 1 N–H and O–H groups in total. The lowest BCUT2D eigenvalue weighted by molar-refractivity contribution is 0.0950. The first kappa shape index (κ1) is 19.8. The van der Waals surface area contributed by atoms with E-state index >= 15 is 0 Å². The molecule has 0 unspecified atom stereocenters. The van der Waals surface area contributed by atoms with Crippen molar-refractivity contribution < 1.29 is 9.18 Å².